The number of hydrogen-bond donors (Lipinski definition) is 0. The van der Waals surface area contributed by atoms with Crippen LogP contribution in [-0.4, -0.2) is 45.5 Å². The van der Waals surface area contributed by atoms with E-state index in [-0.39, 0.29) is 16.2 Å². The minimum absolute atomic E-state index is 0.00342. The highest BCUT2D eigenvalue weighted by Gasteiger charge is 2.21. The van der Waals surface area contributed by atoms with Crippen molar-refractivity contribution in [2.45, 2.75) is 18.0 Å². The Hall–Kier alpha value is -0.850. The van der Waals surface area contributed by atoms with Crippen LogP contribution in [0.15, 0.2) is 17.2 Å². The van der Waals surface area contributed by atoms with Gasteiger partial charge < -0.3 is 9.64 Å². The fourth-order valence-corrected chi connectivity index (χ4v) is 2.78. The summed E-state index contributed by atoms with van der Waals surface area (Å²) in [5.41, 5.74) is 0.770. The molecule has 7 heteroatoms. The standard InChI is InChI=1S/C11H15ClN2O3S/c1-8-7-17-4-3-14(8)9-5-10(12)13-11(6-9)18(2,15)16/h5-6,8H,3-4,7H2,1-2H3. The van der Waals surface area contributed by atoms with Crippen molar-refractivity contribution in [3.63, 3.8) is 0 Å². The third-order valence-corrected chi connectivity index (χ3v) is 4.00. The summed E-state index contributed by atoms with van der Waals surface area (Å²) in [6.07, 6.45) is 1.12. The van der Waals surface area contributed by atoms with E-state index in [0.717, 1.165) is 11.9 Å². The quantitative estimate of drug-likeness (QED) is 0.770. The Morgan fingerprint density at radius 2 is 2.22 bits per heavy atom. The van der Waals surface area contributed by atoms with Crippen LogP contribution in [0, 0.1) is 0 Å². The van der Waals surface area contributed by atoms with Gasteiger partial charge in [0.15, 0.2) is 14.9 Å². The van der Waals surface area contributed by atoms with Crippen LogP contribution in [0.2, 0.25) is 5.15 Å². The van der Waals surface area contributed by atoms with Crippen molar-refractivity contribution >= 4 is 27.1 Å². The Labute approximate surface area is 112 Å². The lowest BCUT2D eigenvalue weighted by molar-refractivity contribution is 0.0989. The Bertz CT molecular complexity index is 547. The largest absolute Gasteiger partial charge is 0.377 e. The van der Waals surface area contributed by atoms with E-state index in [9.17, 15) is 8.42 Å². The van der Waals surface area contributed by atoms with Gasteiger partial charge in [0.05, 0.1) is 13.2 Å². The summed E-state index contributed by atoms with van der Waals surface area (Å²) in [5, 5.41) is 0.190. The molecule has 0 spiro atoms. The number of hydrogen-bond acceptors (Lipinski definition) is 5. The minimum Gasteiger partial charge on any atom is -0.377 e. The molecule has 1 aromatic heterocycles. The molecule has 0 amide bonds. The molecular formula is C11H15ClN2O3S. The molecule has 0 radical (unpaired) electrons. The maximum atomic E-state index is 11.5. The van der Waals surface area contributed by atoms with Gasteiger partial charge in [0.25, 0.3) is 0 Å². The molecule has 2 heterocycles. The molecule has 1 fully saturated rings. The summed E-state index contributed by atoms with van der Waals surface area (Å²) in [4.78, 5) is 5.92. The summed E-state index contributed by atoms with van der Waals surface area (Å²) in [6, 6.07) is 3.42. The number of anilines is 1. The van der Waals surface area contributed by atoms with Crippen molar-refractivity contribution in [3.8, 4) is 0 Å². The van der Waals surface area contributed by atoms with Gasteiger partial charge in [-0.25, -0.2) is 13.4 Å². The molecule has 0 N–H and O–H groups in total. The van der Waals surface area contributed by atoms with Gasteiger partial charge in [-0.3, -0.25) is 0 Å². The van der Waals surface area contributed by atoms with E-state index in [4.69, 9.17) is 16.3 Å². The lowest BCUT2D eigenvalue weighted by Gasteiger charge is -2.35. The first-order valence-corrected chi connectivity index (χ1v) is 7.87. The van der Waals surface area contributed by atoms with E-state index in [0.29, 0.717) is 19.8 Å². The molecule has 1 aliphatic rings. The number of nitrogens with zero attached hydrogens (tertiary/aromatic N) is 2. The number of sulfone groups is 1. The average molecular weight is 291 g/mol. The van der Waals surface area contributed by atoms with Crippen LogP contribution in [0.1, 0.15) is 6.92 Å². The van der Waals surface area contributed by atoms with Crippen molar-refractivity contribution in [1.82, 2.24) is 4.98 Å². The van der Waals surface area contributed by atoms with Crippen LogP contribution < -0.4 is 4.90 Å². The van der Waals surface area contributed by atoms with Crippen molar-refractivity contribution in [2.24, 2.45) is 0 Å². The first-order chi connectivity index (χ1) is 8.38. The molecular weight excluding hydrogens is 276 g/mol. The van der Waals surface area contributed by atoms with Gasteiger partial charge in [0.1, 0.15) is 5.15 Å². The van der Waals surface area contributed by atoms with Crippen molar-refractivity contribution < 1.29 is 13.2 Å². The fraction of sp³-hybridized carbons (Fsp3) is 0.545. The van der Waals surface area contributed by atoms with Crippen LogP contribution in [0.4, 0.5) is 5.69 Å². The second-order valence-corrected chi connectivity index (χ2v) is 6.73. The lowest BCUT2D eigenvalue weighted by atomic mass is 10.2. The zero-order valence-electron chi connectivity index (χ0n) is 10.3. The predicted octanol–water partition coefficient (Wildman–Crippen LogP) is 1.36. The van der Waals surface area contributed by atoms with Gasteiger partial charge in [-0.1, -0.05) is 11.6 Å². The molecule has 1 aromatic rings. The van der Waals surface area contributed by atoms with E-state index in [1.54, 1.807) is 12.1 Å². The van der Waals surface area contributed by atoms with E-state index in [2.05, 4.69) is 9.88 Å². The number of rotatable bonds is 2. The molecule has 0 bridgehead atoms. The van der Waals surface area contributed by atoms with Gasteiger partial charge in [-0.2, -0.15) is 0 Å². The molecule has 5 nitrogen and oxygen atoms in total. The Kier molecular flexibility index (Phi) is 3.79. The Morgan fingerprint density at radius 3 is 2.83 bits per heavy atom. The Balaban J connectivity index is 2.42. The topological polar surface area (TPSA) is 59.5 Å². The monoisotopic (exact) mass is 290 g/mol. The summed E-state index contributed by atoms with van der Waals surface area (Å²) in [5.74, 6) is 0. The van der Waals surface area contributed by atoms with Crippen LogP contribution in [0.3, 0.4) is 0 Å². The molecule has 0 aromatic carbocycles. The van der Waals surface area contributed by atoms with E-state index < -0.39 is 9.84 Å². The van der Waals surface area contributed by atoms with Gasteiger partial charge in [-0.05, 0) is 19.1 Å². The van der Waals surface area contributed by atoms with Crippen molar-refractivity contribution in [2.75, 3.05) is 30.9 Å². The number of aromatic nitrogens is 1. The van der Waals surface area contributed by atoms with Crippen LogP contribution in [0.5, 0.6) is 0 Å². The highest BCUT2D eigenvalue weighted by molar-refractivity contribution is 7.90. The Morgan fingerprint density at radius 1 is 1.50 bits per heavy atom. The number of ether oxygens (including phenoxy) is 1. The maximum absolute atomic E-state index is 11.5. The maximum Gasteiger partial charge on any atom is 0.192 e. The first-order valence-electron chi connectivity index (χ1n) is 5.60. The molecule has 1 saturated heterocycles. The highest BCUT2D eigenvalue weighted by Crippen LogP contribution is 2.25. The van der Waals surface area contributed by atoms with Gasteiger partial charge in [-0.15, -0.1) is 0 Å². The molecule has 100 valence electrons. The zero-order valence-corrected chi connectivity index (χ0v) is 11.8. The first kappa shape index (κ1) is 13.6. The van der Waals surface area contributed by atoms with E-state index in [1.165, 1.54) is 0 Å². The van der Waals surface area contributed by atoms with Crippen LogP contribution in [0.25, 0.3) is 0 Å². The van der Waals surface area contributed by atoms with Crippen LogP contribution in [-0.2, 0) is 14.6 Å². The van der Waals surface area contributed by atoms with E-state index >= 15 is 0 Å². The molecule has 18 heavy (non-hydrogen) atoms. The molecule has 0 aliphatic carbocycles. The predicted molar refractivity (Wildman–Crippen MR) is 70.0 cm³/mol. The molecule has 1 aliphatic heterocycles. The second-order valence-electron chi connectivity index (χ2n) is 4.38. The average Bonchev–Trinajstić information content (AvgIpc) is 2.27. The smallest absolute Gasteiger partial charge is 0.192 e. The summed E-state index contributed by atoms with van der Waals surface area (Å²) < 4.78 is 28.4. The SMILES string of the molecule is CC1COCCN1c1cc(Cl)nc(S(C)(=O)=O)c1. The van der Waals surface area contributed by atoms with Gasteiger partial charge >= 0.3 is 0 Å². The zero-order chi connectivity index (χ0) is 13.3. The lowest BCUT2D eigenvalue weighted by Crippen LogP contribution is -2.43. The molecule has 1 atom stereocenters. The van der Waals surface area contributed by atoms with Gasteiger partial charge in [0.2, 0.25) is 0 Å². The normalized spacial score (nSPS) is 21.1. The third-order valence-electron chi connectivity index (χ3n) is 2.83. The summed E-state index contributed by atoms with van der Waals surface area (Å²) >= 11 is 5.89. The van der Waals surface area contributed by atoms with Crippen LogP contribution >= 0.6 is 11.6 Å². The molecule has 2 rings (SSSR count). The molecule has 1 unspecified atom stereocenters. The third kappa shape index (κ3) is 2.93. The summed E-state index contributed by atoms with van der Waals surface area (Å²) in [7, 11) is -3.36. The number of pyridine rings is 1. The molecule has 0 saturated carbocycles. The number of halogens is 1. The number of morpholine rings is 1. The van der Waals surface area contributed by atoms with Crippen molar-refractivity contribution in [3.05, 3.63) is 17.3 Å². The fourth-order valence-electron chi connectivity index (χ4n) is 1.93. The van der Waals surface area contributed by atoms with Gasteiger partial charge in [0, 0.05) is 24.5 Å². The minimum atomic E-state index is -3.36. The highest BCUT2D eigenvalue weighted by atomic mass is 35.5. The van der Waals surface area contributed by atoms with Crippen molar-refractivity contribution in [1.29, 1.82) is 0 Å². The second kappa shape index (κ2) is 5.03. The van der Waals surface area contributed by atoms with E-state index in [1.807, 2.05) is 6.92 Å². The summed E-state index contributed by atoms with van der Waals surface area (Å²) in [6.45, 7) is 3.98.